The SMILES string of the molecule is CC1(C)[C@H]2CC[C@]1(C)C(=O)C2[N+](=O)[O-]. The molecule has 0 aliphatic heterocycles. The molecule has 2 aliphatic carbocycles. The zero-order valence-corrected chi connectivity index (χ0v) is 8.74. The van der Waals surface area contributed by atoms with Gasteiger partial charge in [0.05, 0.1) is 0 Å². The van der Waals surface area contributed by atoms with Gasteiger partial charge in [-0.1, -0.05) is 20.8 Å². The maximum atomic E-state index is 11.9. The van der Waals surface area contributed by atoms with Crippen LogP contribution in [0.5, 0.6) is 0 Å². The lowest BCUT2D eigenvalue weighted by Crippen LogP contribution is -2.38. The van der Waals surface area contributed by atoms with Crippen molar-refractivity contribution in [3.63, 3.8) is 0 Å². The molecule has 0 aromatic rings. The van der Waals surface area contributed by atoms with Crippen molar-refractivity contribution < 1.29 is 9.72 Å². The van der Waals surface area contributed by atoms with E-state index in [-0.39, 0.29) is 22.0 Å². The summed E-state index contributed by atoms with van der Waals surface area (Å²) in [6.45, 7) is 5.87. The molecule has 2 aliphatic rings. The Morgan fingerprint density at radius 2 is 2.00 bits per heavy atom. The molecule has 0 radical (unpaired) electrons. The van der Waals surface area contributed by atoms with Crippen molar-refractivity contribution in [2.24, 2.45) is 16.7 Å². The Morgan fingerprint density at radius 1 is 1.43 bits per heavy atom. The minimum Gasteiger partial charge on any atom is -0.291 e. The molecular formula is C10H15NO3. The average molecular weight is 197 g/mol. The summed E-state index contributed by atoms with van der Waals surface area (Å²) in [5.41, 5.74) is -0.669. The van der Waals surface area contributed by atoms with Crippen molar-refractivity contribution >= 4 is 5.78 Å². The first-order chi connectivity index (χ1) is 6.32. The Balaban J connectivity index is 2.49. The number of nitrogens with zero attached hydrogens (tertiary/aromatic N) is 1. The summed E-state index contributed by atoms with van der Waals surface area (Å²) in [5, 5.41) is 10.8. The standard InChI is InChI=1S/C10H15NO3/c1-9(2)6-4-5-10(9,3)8(12)7(6)11(13)14/h6-7H,4-5H2,1-3H3/t6-,7?,10+/m0/s1. The molecular weight excluding hydrogens is 182 g/mol. The highest BCUT2D eigenvalue weighted by atomic mass is 16.6. The summed E-state index contributed by atoms with van der Waals surface area (Å²) in [6, 6.07) is -0.941. The predicted octanol–water partition coefficient (Wildman–Crippen LogP) is 1.66. The van der Waals surface area contributed by atoms with Crippen LogP contribution in [0.3, 0.4) is 0 Å². The van der Waals surface area contributed by atoms with Crippen LogP contribution in [-0.2, 0) is 4.79 Å². The van der Waals surface area contributed by atoms with Crippen LogP contribution in [0.1, 0.15) is 33.6 Å². The molecule has 1 unspecified atom stereocenters. The van der Waals surface area contributed by atoms with Crippen LogP contribution in [-0.4, -0.2) is 16.7 Å². The van der Waals surface area contributed by atoms with Gasteiger partial charge < -0.3 is 0 Å². The molecule has 4 nitrogen and oxygen atoms in total. The number of hydrogen-bond acceptors (Lipinski definition) is 3. The van der Waals surface area contributed by atoms with E-state index in [0.717, 1.165) is 12.8 Å². The molecule has 0 saturated heterocycles. The number of carbonyl (C=O) groups is 1. The van der Waals surface area contributed by atoms with Gasteiger partial charge in [-0.05, 0) is 18.3 Å². The molecule has 0 amide bonds. The fourth-order valence-electron chi connectivity index (χ4n) is 3.28. The molecule has 3 atom stereocenters. The van der Waals surface area contributed by atoms with Crippen molar-refractivity contribution in [3.05, 3.63) is 10.1 Å². The minimum atomic E-state index is -0.941. The quantitative estimate of drug-likeness (QED) is 0.474. The fourth-order valence-corrected chi connectivity index (χ4v) is 3.28. The predicted molar refractivity (Wildman–Crippen MR) is 50.4 cm³/mol. The number of hydrogen-bond donors (Lipinski definition) is 0. The molecule has 0 heterocycles. The highest BCUT2D eigenvalue weighted by Gasteiger charge is 2.70. The van der Waals surface area contributed by atoms with E-state index in [1.54, 1.807) is 0 Å². The lowest BCUT2D eigenvalue weighted by molar-refractivity contribution is -0.516. The third-order valence-electron chi connectivity index (χ3n) is 4.73. The van der Waals surface area contributed by atoms with Gasteiger partial charge in [0.15, 0.2) is 0 Å². The van der Waals surface area contributed by atoms with Gasteiger partial charge in [0.2, 0.25) is 5.78 Å². The zero-order valence-electron chi connectivity index (χ0n) is 8.74. The normalized spacial score (nSPS) is 44.4. The van der Waals surface area contributed by atoms with Gasteiger partial charge >= 0.3 is 0 Å². The Hall–Kier alpha value is -0.930. The molecule has 2 rings (SSSR count). The number of rotatable bonds is 1. The lowest BCUT2D eigenvalue weighted by atomic mass is 9.70. The van der Waals surface area contributed by atoms with E-state index in [2.05, 4.69) is 0 Å². The number of nitro groups is 1. The second-order valence-corrected chi connectivity index (χ2v) is 5.29. The second-order valence-electron chi connectivity index (χ2n) is 5.29. The van der Waals surface area contributed by atoms with Gasteiger partial charge in [-0.25, -0.2) is 0 Å². The van der Waals surface area contributed by atoms with E-state index in [1.807, 2.05) is 20.8 Å². The maximum Gasteiger partial charge on any atom is 0.274 e. The number of Topliss-reactive ketones (excluding diaryl/α,β-unsaturated/α-hetero) is 1. The highest BCUT2D eigenvalue weighted by molar-refractivity contribution is 5.93. The van der Waals surface area contributed by atoms with E-state index in [9.17, 15) is 14.9 Å². The topological polar surface area (TPSA) is 60.2 Å². The molecule has 2 fully saturated rings. The van der Waals surface area contributed by atoms with Gasteiger partial charge in [-0.3, -0.25) is 14.9 Å². The van der Waals surface area contributed by atoms with Crippen molar-refractivity contribution in [2.75, 3.05) is 0 Å². The molecule has 2 saturated carbocycles. The van der Waals surface area contributed by atoms with Gasteiger partial charge in [0.25, 0.3) is 6.04 Å². The molecule has 0 spiro atoms. The summed E-state index contributed by atoms with van der Waals surface area (Å²) in [6.07, 6.45) is 1.63. The van der Waals surface area contributed by atoms with Crippen LogP contribution in [0.4, 0.5) is 0 Å². The van der Waals surface area contributed by atoms with Crippen LogP contribution < -0.4 is 0 Å². The Kier molecular flexibility index (Phi) is 1.62. The molecule has 2 bridgehead atoms. The van der Waals surface area contributed by atoms with Gasteiger partial charge in [-0.15, -0.1) is 0 Å². The number of ketones is 1. The van der Waals surface area contributed by atoms with Crippen molar-refractivity contribution in [1.29, 1.82) is 0 Å². The van der Waals surface area contributed by atoms with E-state index >= 15 is 0 Å². The van der Waals surface area contributed by atoms with Crippen LogP contribution in [0.2, 0.25) is 0 Å². The van der Waals surface area contributed by atoms with E-state index in [4.69, 9.17) is 0 Å². The van der Waals surface area contributed by atoms with Crippen molar-refractivity contribution in [3.8, 4) is 0 Å². The maximum absolute atomic E-state index is 11.9. The largest absolute Gasteiger partial charge is 0.291 e. The second kappa shape index (κ2) is 2.35. The molecule has 78 valence electrons. The highest BCUT2D eigenvalue weighted by Crippen LogP contribution is 2.63. The summed E-state index contributed by atoms with van der Waals surface area (Å²) in [7, 11) is 0. The molecule has 14 heavy (non-hydrogen) atoms. The van der Waals surface area contributed by atoms with Crippen LogP contribution >= 0.6 is 0 Å². The Labute approximate surface area is 82.8 Å². The molecule has 4 heteroatoms. The first kappa shape index (κ1) is 9.62. The summed E-state index contributed by atoms with van der Waals surface area (Å²) >= 11 is 0. The zero-order chi connectivity index (χ0) is 10.7. The summed E-state index contributed by atoms with van der Waals surface area (Å²) < 4.78 is 0. The van der Waals surface area contributed by atoms with Crippen molar-refractivity contribution in [2.45, 2.75) is 39.7 Å². The summed E-state index contributed by atoms with van der Waals surface area (Å²) in [4.78, 5) is 22.3. The molecule has 0 N–H and O–H groups in total. The van der Waals surface area contributed by atoms with Crippen LogP contribution in [0.15, 0.2) is 0 Å². The first-order valence-corrected chi connectivity index (χ1v) is 5.00. The molecule has 0 aromatic carbocycles. The van der Waals surface area contributed by atoms with E-state index in [0.29, 0.717) is 0 Å². The minimum absolute atomic E-state index is 0.0602. The Morgan fingerprint density at radius 3 is 2.29 bits per heavy atom. The summed E-state index contributed by atoms with van der Waals surface area (Å²) in [5.74, 6) is -0.209. The van der Waals surface area contributed by atoms with Gasteiger partial charge in [-0.2, -0.15) is 0 Å². The fraction of sp³-hybridized carbons (Fsp3) is 0.900. The third kappa shape index (κ3) is 0.775. The monoisotopic (exact) mass is 197 g/mol. The van der Waals surface area contributed by atoms with Gasteiger partial charge in [0.1, 0.15) is 0 Å². The lowest BCUT2D eigenvalue weighted by Gasteiger charge is -2.31. The smallest absolute Gasteiger partial charge is 0.274 e. The van der Waals surface area contributed by atoms with E-state index < -0.39 is 11.5 Å². The first-order valence-electron chi connectivity index (χ1n) is 5.00. The molecule has 0 aromatic heterocycles. The van der Waals surface area contributed by atoms with E-state index in [1.165, 1.54) is 0 Å². The van der Waals surface area contributed by atoms with Gasteiger partial charge in [0, 0.05) is 16.3 Å². The third-order valence-corrected chi connectivity index (χ3v) is 4.73. The van der Waals surface area contributed by atoms with Crippen LogP contribution in [0, 0.1) is 26.9 Å². The number of carbonyl (C=O) groups excluding carboxylic acids is 1. The average Bonchev–Trinajstić information content (AvgIpc) is 2.35. The number of fused-ring (bicyclic) bond motifs is 2. The Bertz CT molecular complexity index is 323. The van der Waals surface area contributed by atoms with Crippen LogP contribution in [0.25, 0.3) is 0 Å². The van der Waals surface area contributed by atoms with Crippen molar-refractivity contribution in [1.82, 2.24) is 0 Å².